The average molecular weight is 411 g/mol. The van der Waals surface area contributed by atoms with Crippen LogP contribution in [0.5, 0.6) is 5.75 Å². The van der Waals surface area contributed by atoms with Gasteiger partial charge in [0.25, 0.3) is 0 Å². The van der Waals surface area contributed by atoms with E-state index in [1.807, 2.05) is 24.3 Å². The van der Waals surface area contributed by atoms with Crippen LogP contribution in [0.4, 0.5) is 0 Å². The van der Waals surface area contributed by atoms with E-state index in [0.717, 1.165) is 43.1 Å². The molecule has 31 heavy (non-hydrogen) atoms. The number of aromatic amines is 1. The number of nitrogens with one attached hydrogen (secondary N) is 1. The van der Waals surface area contributed by atoms with Gasteiger partial charge in [0.15, 0.2) is 0 Å². The highest BCUT2D eigenvalue weighted by atomic mass is 16.5. The van der Waals surface area contributed by atoms with Crippen LogP contribution in [0, 0.1) is 0 Å². The van der Waals surface area contributed by atoms with E-state index in [2.05, 4.69) is 51.5 Å². The number of fused-ring (bicyclic) bond motifs is 2. The number of ether oxygens (including phenoxy) is 1. The lowest BCUT2D eigenvalue weighted by Crippen LogP contribution is -2.31. The fraction of sp³-hybridized carbons (Fsp3) is 0.308. The largest absolute Gasteiger partial charge is 0.489 e. The molecule has 156 valence electrons. The van der Waals surface area contributed by atoms with Crippen molar-refractivity contribution in [2.75, 3.05) is 6.54 Å². The third kappa shape index (κ3) is 3.93. The van der Waals surface area contributed by atoms with Gasteiger partial charge in [-0.05, 0) is 54.2 Å². The Bertz CT molecular complexity index is 1210. The molecule has 6 rings (SSSR count). The molecule has 0 amide bonds. The Morgan fingerprint density at radius 2 is 2.00 bits per heavy atom. The summed E-state index contributed by atoms with van der Waals surface area (Å²) in [5.74, 6) is 2.56. The first-order valence-corrected chi connectivity index (χ1v) is 11.2. The summed E-state index contributed by atoms with van der Waals surface area (Å²) in [6.45, 7) is 3.42. The fourth-order valence-corrected chi connectivity index (χ4v) is 4.41. The summed E-state index contributed by atoms with van der Waals surface area (Å²) in [4.78, 5) is 15.4. The molecule has 1 fully saturated rings. The molecule has 0 atom stereocenters. The van der Waals surface area contributed by atoms with E-state index in [9.17, 15) is 0 Å². The SMILES string of the molecule is c1ccc(COc2ccc3[nH]cc(CN4CCc5cnc(C6CC6)nc5C4)c3c2)cc1. The summed E-state index contributed by atoms with van der Waals surface area (Å²) < 4.78 is 6.06. The van der Waals surface area contributed by atoms with Crippen LogP contribution in [-0.4, -0.2) is 26.4 Å². The molecular formula is C26H26N4O. The maximum atomic E-state index is 6.06. The maximum Gasteiger partial charge on any atom is 0.131 e. The molecule has 4 aromatic rings. The maximum absolute atomic E-state index is 6.06. The molecule has 2 aromatic carbocycles. The third-order valence-corrected chi connectivity index (χ3v) is 6.37. The Labute approximate surface area is 182 Å². The standard InChI is InChI=1S/C26H26N4O/c1-2-4-18(5-3-1)17-31-22-8-9-24-23(12-22)21(14-27-24)15-30-11-10-20-13-28-26(19-6-7-19)29-25(20)16-30/h1-5,8-9,12-14,19,27H,6-7,10-11,15-17H2. The number of rotatable bonds is 6. The summed E-state index contributed by atoms with van der Waals surface area (Å²) in [6, 6.07) is 16.6. The van der Waals surface area contributed by atoms with Gasteiger partial charge in [0, 0.05) is 48.8 Å². The van der Waals surface area contributed by atoms with Crippen LogP contribution in [0.1, 0.15) is 47.0 Å². The third-order valence-electron chi connectivity index (χ3n) is 6.37. The minimum atomic E-state index is 0.581. The summed E-state index contributed by atoms with van der Waals surface area (Å²) in [5.41, 5.74) is 6.17. The second-order valence-electron chi connectivity index (χ2n) is 8.73. The van der Waals surface area contributed by atoms with Crippen molar-refractivity contribution in [1.82, 2.24) is 19.9 Å². The smallest absolute Gasteiger partial charge is 0.131 e. The zero-order valence-corrected chi connectivity index (χ0v) is 17.6. The first kappa shape index (κ1) is 18.6. The number of benzene rings is 2. The highest BCUT2D eigenvalue weighted by Crippen LogP contribution is 2.38. The van der Waals surface area contributed by atoms with E-state index in [0.29, 0.717) is 12.5 Å². The van der Waals surface area contributed by atoms with Gasteiger partial charge in [-0.25, -0.2) is 9.97 Å². The van der Waals surface area contributed by atoms with Gasteiger partial charge in [0.1, 0.15) is 18.2 Å². The molecule has 0 spiro atoms. The Balaban J connectivity index is 1.18. The topological polar surface area (TPSA) is 54.0 Å². The van der Waals surface area contributed by atoms with E-state index >= 15 is 0 Å². The molecule has 1 aliphatic carbocycles. The monoisotopic (exact) mass is 410 g/mol. The molecular weight excluding hydrogens is 384 g/mol. The predicted octanol–water partition coefficient (Wildman–Crippen LogP) is 4.97. The summed E-state index contributed by atoms with van der Waals surface area (Å²) in [5, 5.41) is 1.23. The van der Waals surface area contributed by atoms with E-state index in [4.69, 9.17) is 9.72 Å². The van der Waals surface area contributed by atoms with Gasteiger partial charge in [0.05, 0.1) is 5.69 Å². The van der Waals surface area contributed by atoms with Gasteiger partial charge in [-0.2, -0.15) is 0 Å². The molecule has 0 bridgehead atoms. The second-order valence-corrected chi connectivity index (χ2v) is 8.73. The Hall–Kier alpha value is -3.18. The quantitative estimate of drug-likeness (QED) is 0.487. The lowest BCUT2D eigenvalue weighted by Gasteiger charge is -2.27. The first-order chi connectivity index (χ1) is 15.3. The van der Waals surface area contributed by atoms with Crippen molar-refractivity contribution < 1.29 is 4.74 Å². The van der Waals surface area contributed by atoms with E-state index in [1.54, 1.807) is 0 Å². The lowest BCUT2D eigenvalue weighted by molar-refractivity contribution is 0.241. The lowest BCUT2D eigenvalue weighted by atomic mass is 10.1. The number of aromatic nitrogens is 3. The first-order valence-electron chi connectivity index (χ1n) is 11.2. The van der Waals surface area contributed by atoms with E-state index in [1.165, 1.54) is 40.6 Å². The zero-order chi connectivity index (χ0) is 20.6. The van der Waals surface area contributed by atoms with Gasteiger partial charge in [0.2, 0.25) is 0 Å². The van der Waals surface area contributed by atoms with Crippen LogP contribution in [0.2, 0.25) is 0 Å². The van der Waals surface area contributed by atoms with Crippen LogP contribution >= 0.6 is 0 Å². The molecule has 0 unspecified atom stereocenters. The zero-order valence-electron chi connectivity index (χ0n) is 17.6. The predicted molar refractivity (Wildman–Crippen MR) is 121 cm³/mol. The van der Waals surface area contributed by atoms with Crippen molar-refractivity contribution in [1.29, 1.82) is 0 Å². The molecule has 0 radical (unpaired) electrons. The van der Waals surface area contributed by atoms with Gasteiger partial charge in [-0.15, -0.1) is 0 Å². The van der Waals surface area contributed by atoms with Crippen LogP contribution in [0.3, 0.4) is 0 Å². The number of nitrogens with zero attached hydrogens (tertiary/aromatic N) is 3. The minimum absolute atomic E-state index is 0.581. The summed E-state index contributed by atoms with van der Waals surface area (Å²) in [6.07, 6.45) is 7.71. The molecule has 1 N–H and O–H groups in total. The van der Waals surface area contributed by atoms with Crippen molar-refractivity contribution in [3.8, 4) is 5.75 Å². The summed E-state index contributed by atoms with van der Waals surface area (Å²) in [7, 11) is 0. The molecule has 3 heterocycles. The molecule has 0 saturated heterocycles. The van der Waals surface area contributed by atoms with E-state index in [-0.39, 0.29) is 0 Å². The molecule has 2 aromatic heterocycles. The highest BCUT2D eigenvalue weighted by Gasteiger charge is 2.28. The van der Waals surface area contributed by atoms with Crippen LogP contribution in [0.15, 0.2) is 60.9 Å². The molecule has 5 heteroatoms. The van der Waals surface area contributed by atoms with Gasteiger partial charge in [-0.3, -0.25) is 4.90 Å². The van der Waals surface area contributed by atoms with Crippen molar-refractivity contribution in [2.24, 2.45) is 0 Å². The molecule has 1 aliphatic heterocycles. The van der Waals surface area contributed by atoms with Gasteiger partial charge in [-0.1, -0.05) is 30.3 Å². The summed E-state index contributed by atoms with van der Waals surface area (Å²) >= 11 is 0. The van der Waals surface area contributed by atoms with Crippen molar-refractivity contribution in [2.45, 2.75) is 44.9 Å². The van der Waals surface area contributed by atoms with Crippen LogP contribution in [0.25, 0.3) is 10.9 Å². The minimum Gasteiger partial charge on any atom is -0.489 e. The molecule has 1 saturated carbocycles. The average Bonchev–Trinajstić information content (AvgIpc) is 3.60. The Morgan fingerprint density at radius 1 is 1.10 bits per heavy atom. The number of hydrogen-bond acceptors (Lipinski definition) is 4. The molecule has 5 nitrogen and oxygen atoms in total. The van der Waals surface area contributed by atoms with Crippen molar-refractivity contribution in [3.05, 3.63) is 89.1 Å². The fourth-order valence-electron chi connectivity index (χ4n) is 4.41. The van der Waals surface area contributed by atoms with Crippen molar-refractivity contribution >= 4 is 10.9 Å². The van der Waals surface area contributed by atoms with Crippen molar-refractivity contribution in [3.63, 3.8) is 0 Å². The van der Waals surface area contributed by atoms with Gasteiger partial charge < -0.3 is 9.72 Å². The highest BCUT2D eigenvalue weighted by molar-refractivity contribution is 5.84. The van der Waals surface area contributed by atoms with Crippen LogP contribution in [-0.2, 0) is 26.1 Å². The normalized spacial score (nSPS) is 16.4. The second kappa shape index (κ2) is 7.82. The Kier molecular flexibility index (Phi) is 4.69. The molecule has 2 aliphatic rings. The number of hydrogen-bond donors (Lipinski definition) is 1. The van der Waals surface area contributed by atoms with Crippen LogP contribution < -0.4 is 4.74 Å². The van der Waals surface area contributed by atoms with Gasteiger partial charge >= 0.3 is 0 Å². The van der Waals surface area contributed by atoms with E-state index < -0.39 is 0 Å². The Morgan fingerprint density at radius 3 is 2.87 bits per heavy atom. The number of H-pyrrole nitrogens is 1.